The van der Waals surface area contributed by atoms with E-state index in [2.05, 4.69) is 0 Å². The van der Waals surface area contributed by atoms with Gasteiger partial charge in [-0.05, 0) is 5.56 Å². The van der Waals surface area contributed by atoms with Gasteiger partial charge in [-0.2, -0.15) is 0 Å². The summed E-state index contributed by atoms with van der Waals surface area (Å²) in [5, 5.41) is 0. The first-order valence-corrected chi connectivity index (χ1v) is 6.18. The van der Waals surface area contributed by atoms with E-state index in [1.807, 2.05) is 30.3 Å². The molecular formula is C14H17NO4. The Morgan fingerprint density at radius 1 is 1.37 bits per heavy atom. The van der Waals surface area contributed by atoms with Crippen LogP contribution in [0.2, 0.25) is 0 Å². The van der Waals surface area contributed by atoms with Gasteiger partial charge in [-0.3, -0.25) is 9.69 Å². The zero-order valence-electron chi connectivity index (χ0n) is 10.9. The summed E-state index contributed by atoms with van der Waals surface area (Å²) in [4.78, 5) is 24.8. The molecule has 1 unspecified atom stereocenters. The van der Waals surface area contributed by atoms with Crippen LogP contribution in [-0.4, -0.2) is 43.1 Å². The van der Waals surface area contributed by atoms with E-state index in [0.717, 1.165) is 5.56 Å². The number of nitrogens with zero attached hydrogens (tertiary/aromatic N) is 1. The summed E-state index contributed by atoms with van der Waals surface area (Å²) in [5.41, 5.74) is 0.921. The number of carbonyl (C=O) groups is 2. The highest BCUT2D eigenvalue weighted by atomic mass is 16.6. The van der Waals surface area contributed by atoms with Crippen LogP contribution < -0.4 is 0 Å². The second-order valence-corrected chi connectivity index (χ2v) is 4.52. The molecule has 0 bridgehead atoms. The lowest BCUT2D eigenvalue weighted by Crippen LogP contribution is -2.38. The molecule has 2 rings (SSSR count). The number of hydrogen-bond donors (Lipinski definition) is 0. The zero-order valence-corrected chi connectivity index (χ0v) is 10.9. The molecule has 1 heterocycles. The Morgan fingerprint density at radius 3 is 2.79 bits per heavy atom. The van der Waals surface area contributed by atoms with Crippen LogP contribution in [0.25, 0.3) is 0 Å². The smallest absolute Gasteiger partial charge is 0.410 e. The number of rotatable bonds is 4. The largest absolute Gasteiger partial charge is 0.445 e. The second kappa shape index (κ2) is 6.33. The van der Waals surface area contributed by atoms with E-state index in [1.54, 1.807) is 7.11 Å². The van der Waals surface area contributed by atoms with E-state index >= 15 is 0 Å². The SMILES string of the molecule is COCC1CC(=O)CN1C(=O)OCc1ccccc1. The van der Waals surface area contributed by atoms with Crippen LogP contribution >= 0.6 is 0 Å². The Morgan fingerprint density at radius 2 is 2.11 bits per heavy atom. The molecule has 0 radical (unpaired) electrons. The lowest BCUT2D eigenvalue weighted by molar-refractivity contribution is -0.116. The van der Waals surface area contributed by atoms with Gasteiger partial charge in [0.15, 0.2) is 5.78 Å². The number of Topliss-reactive ketones (excluding diaryl/α,β-unsaturated/α-hetero) is 1. The van der Waals surface area contributed by atoms with Crippen molar-refractivity contribution < 1.29 is 19.1 Å². The van der Waals surface area contributed by atoms with Crippen molar-refractivity contribution in [2.24, 2.45) is 0 Å². The summed E-state index contributed by atoms with van der Waals surface area (Å²) in [7, 11) is 1.55. The highest BCUT2D eigenvalue weighted by Crippen LogP contribution is 2.16. The molecule has 1 saturated heterocycles. The summed E-state index contributed by atoms with van der Waals surface area (Å²) in [6, 6.07) is 9.23. The molecule has 1 aliphatic heterocycles. The van der Waals surface area contributed by atoms with Crippen LogP contribution in [0.15, 0.2) is 30.3 Å². The molecule has 1 aromatic carbocycles. The van der Waals surface area contributed by atoms with Crippen LogP contribution in [-0.2, 0) is 20.9 Å². The summed E-state index contributed by atoms with van der Waals surface area (Å²) in [6.07, 6.45) is -0.120. The molecule has 0 aliphatic carbocycles. The molecule has 5 nitrogen and oxygen atoms in total. The molecule has 5 heteroatoms. The van der Waals surface area contributed by atoms with Gasteiger partial charge in [0.05, 0.1) is 19.2 Å². The fourth-order valence-electron chi connectivity index (χ4n) is 2.11. The van der Waals surface area contributed by atoms with Gasteiger partial charge in [0.2, 0.25) is 0 Å². The summed E-state index contributed by atoms with van der Waals surface area (Å²) in [6.45, 7) is 0.678. The molecule has 19 heavy (non-hydrogen) atoms. The number of ketones is 1. The van der Waals surface area contributed by atoms with E-state index in [1.165, 1.54) is 4.90 Å². The van der Waals surface area contributed by atoms with Gasteiger partial charge < -0.3 is 9.47 Å². The van der Waals surface area contributed by atoms with Gasteiger partial charge in [-0.15, -0.1) is 0 Å². The lowest BCUT2D eigenvalue weighted by atomic mass is 10.2. The monoisotopic (exact) mass is 263 g/mol. The quantitative estimate of drug-likeness (QED) is 0.828. The van der Waals surface area contributed by atoms with E-state index in [0.29, 0.717) is 13.0 Å². The number of amides is 1. The first-order chi connectivity index (χ1) is 9.20. The van der Waals surface area contributed by atoms with Crippen molar-refractivity contribution in [3.63, 3.8) is 0 Å². The minimum atomic E-state index is -0.461. The minimum absolute atomic E-state index is 0.0405. The molecule has 1 atom stereocenters. The maximum atomic E-state index is 11.9. The minimum Gasteiger partial charge on any atom is -0.445 e. The first-order valence-electron chi connectivity index (χ1n) is 6.18. The van der Waals surface area contributed by atoms with Gasteiger partial charge in [0.1, 0.15) is 6.61 Å². The molecular weight excluding hydrogens is 246 g/mol. The fourth-order valence-corrected chi connectivity index (χ4v) is 2.11. The highest BCUT2D eigenvalue weighted by molar-refractivity contribution is 5.88. The fraction of sp³-hybridized carbons (Fsp3) is 0.429. The van der Waals surface area contributed by atoms with Gasteiger partial charge in [0.25, 0.3) is 0 Å². The highest BCUT2D eigenvalue weighted by Gasteiger charge is 2.34. The number of methoxy groups -OCH3 is 1. The third-order valence-electron chi connectivity index (χ3n) is 3.05. The maximum absolute atomic E-state index is 11.9. The van der Waals surface area contributed by atoms with Gasteiger partial charge in [0, 0.05) is 13.5 Å². The normalized spacial score (nSPS) is 18.7. The Balaban J connectivity index is 1.90. The number of likely N-dealkylation sites (tertiary alicyclic amines) is 1. The van der Waals surface area contributed by atoms with Crippen LogP contribution in [0.1, 0.15) is 12.0 Å². The average Bonchev–Trinajstić information content (AvgIpc) is 2.79. The number of hydrogen-bond acceptors (Lipinski definition) is 4. The van der Waals surface area contributed by atoms with E-state index in [9.17, 15) is 9.59 Å². The van der Waals surface area contributed by atoms with Crippen molar-refractivity contribution in [3.8, 4) is 0 Å². The first kappa shape index (κ1) is 13.5. The second-order valence-electron chi connectivity index (χ2n) is 4.52. The van der Waals surface area contributed by atoms with Crippen molar-refractivity contribution in [1.82, 2.24) is 4.90 Å². The van der Waals surface area contributed by atoms with Crippen molar-refractivity contribution in [2.75, 3.05) is 20.3 Å². The van der Waals surface area contributed by atoms with Crippen molar-refractivity contribution in [2.45, 2.75) is 19.1 Å². The van der Waals surface area contributed by atoms with Crippen LogP contribution in [0, 0.1) is 0 Å². The van der Waals surface area contributed by atoms with Gasteiger partial charge in [-0.1, -0.05) is 30.3 Å². The third kappa shape index (κ3) is 3.54. The number of carbonyl (C=O) groups excluding carboxylic acids is 2. The summed E-state index contributed by atoms with van der Waals surface area (Å²) in [5.74, 6) is 0.0405. The molecule has 1 fully saturated rings. The zero-order chi connectivity index (χ0) is 13.7. The standard InChI is InChI=1S/C14H17NO4/c1-18-10-12-7-13(16)8-15(12)14(17)19-9-11-5-3-2-4-6-11/h2-6,12H,7-10H2,1H3. The predicted molar refractivity (Wildman–Crippen MR) is 68.6 cm³/mol. The molecule has 1 aromatic rings. The number of benzene rings is 1. The number of ether oxygens (including phenoxy) is 2. The molecule has 0 N–H and O–H groups in total. The van der Waals surface area contributed by atoms with E-state index in [-0.39, 0.29) is 25.0 Å². The van der Waals surface area contributed by atoms with Crippen molar-refractivity contribution in [1.29, 1.82) is 0 Å². The Labute approximate surface area is 112 Å². The topological polar surface area (TPSA) is 55.8 Å². The van der Waals surface area contributed by atoms with Crippen molar-refractivity contribution in [3.05, 3.63) is 35.9 Å². The molecule has 102 valence electrons. The molecule has 0 saturated carbocycles. The van der Waals surface area contributed by atoms with Gasteiger partial charge >= 0.3 is 6.09 Å². The Hall–Kier alpha value is -1.88. The summed E-state index contributed by atoms with van der Waals surface area (Å²) >= 11 is 0. The average molecular weight is 263 g/mol. The van der Waals surface area contributed by atoms with Crippen molar-refractivity contribution >= 4 is 11.9 Å². The molecule has 1 amide bonds. The molecule has 1 aliphatic rings. The molecule has 0 spiro atoms. The predicted octanol–water partition coefficient (Wildman–Crippen LogP) is 1.61. The maximum Gasteiger partial charge on any atom is 0.410 e. The Kier molecular flexibility index (Phi) is 4.52. The van der Waals surface area contributed by atoms with Crippen LogP contribution in [0.3, 0.4) is 0 Å². The van der Waals surface area contributed by atoms with E-state index < -0.39 is 6.09 Å². The summed E-state index contributed by atoms with van der Waals surface area (Å²) < 4.78 is 10.2. The lowest BCUT2D eigenvalue weighted by Gasteiger charge is -2.22. The Bertz CT molecular complexity index is 446. The van der Waals surface area contributed by atoms with Crippen LogP contribution in [0.4, 0.5) is 4.79 Å². The van der Waals surface area contributed by atoms with Gasteiger partial charge in [-0.25, -0.2) is 4.79 Å². The third-order valence-corrected chi connectivity index (χ3v) is 3.05. The van der Waals surface area contributed by atoms with E-state index in [4.69, 9.17) is 9.47 Å². The molecule has 0 aromatic heterocycles. The van der Waals surface area contributed by atoms with Crippen LogP contribution in [0.5, 0.6) is 0 Å².